The van der Waals surface area contributed by atoms with Crippen molar-refractivity contribution in [2.75, 3.05) is 6.61 Å². The van der Waals surface area contributed by atoms with Crippen LogP contribution >= 0.6 is 0 Å². The molecule has 29 heavy (non-hydrogen) atoms. The molecule has 2 aromatic heterocycles. The van der Waals surface area contributed by atoms with Crippen molar-refractivity contribution in [3.63, 3.8) is 0 Å². The van der Waals surface area contributed by atoms with E-state index in [4.69, 9.17) is 4.74 Å². The van der Waals surface area contributed by atoms with E-state index >= 15 is 0 Å². The highest BCUT2D eigenvalue weighted by atomic mass is 19.1. The average molecular weight is 396 g/mol. The molecule has 4 aromatic rings. The van der Waals surface area contributed by atoms with E-state index in [9.17, 15) is 18.8 Å². The smallest absolute Gasteiger partial charge is 0.333 e. The summed E-state index contributed by atoms with van der Waals surface area (Å²) in [6.45, 7) is 1.63. The summed E-state index contributed by atoms with van der Waals surface area (Å²) in [6, 6.07) is 13.0. The molecule has 9 heteroatoms. The van der Waals surface area contributed by atoms with Gasteiger partial charge in [0.25, 0.3) is 0 Å². The van der Waals surface area contributed by atoms with Crippen LogP contribution in [-0.4, -0.2) is 31.3 Å². The van der Waals surface area contributed by atoms with Crippen molar-refractivity contribution < 1.29 is 13.9 Å². The number of para-hydroxylation sites is 2. The molecule has 8 nitrogen and oxygen atoms in total. The lowest BCUT2D eigenvalue weighted by Gasteiger charge is -2.08. The van der Waals surface area contributed by atoms with Gasteiger partial charge >= 0.3 is 17.1 Å². The molecule has 0 spiro atoms. The predicted octanol–water partition coefficient (Wildman–Crippen LogP) is 1.56. The van der Waals surface area contributed by atoms with Gasteiger partial charge in [-0.3, -0.25) is 14.4 Å². The van der Waals surface area contributed by atoms with E-state index in [1.165, 1.54) is 16.5 Å². The number of hydrogen-bond acceptors (Lipinski definition) is 5. The van der Waals surface area contributed by atoms with Crippen LogP contribution in [0, 0.1) is 5.82 Å². The van der Waals surface area contributed by atoms with Crippen molar-refractivity contribution in [1.29, 1.82) is 0 Å². The van der Waals surface area contributed by atoms with Gasteiger partial charge in [-0.1, -0.05) is 24.3 Å². The summed E-state index contributed by atoms with van der Waals surface area (Å²) in [4.78, 5) is 37.1. The molecule has 0 aliphatic heterocycles. The van der Waals surface area contributed by atoms with Gasteiger partial charge in [-0.05, 0) is 36.8 Å². The number of esters is 1. The van der Waals surface area contributed by atoms with Gasteiger partial charge in [-0.15, -0.1) is 5.10 Å². The van der Waals surface area contributed by atoms with Crippen LogP contribution in [0.5, 0.6) is 0 Å². The van der Waals surface area contributed by atoms with Crippen LogP contribution in [0.25, 0.3) is 16.8 Å². The lowest BCUT2D eigenvalue weighted by molar-refractivity contribution is -0.144. The monoisotopic (exact) mass is 396 g/mol. The fourth-order valence-corrected chi connectivity index (χ4v) is 3.24. The van der Waals surface area contributed by atoms with E-state index in [0.29, 0.717) is 17.6 Å². The number of hydrogen-bond donors (Lipinski definition) is 0. The minimum absolute atomic E-state index is 0.152. The first-order valence-corrected chi connectivity index (χ1v) is 9.00. The van der Waals surface area contributed by atoms with E-state index in [2.05, 4.69) is 5.10 Å². The highest BCUT2D eigenvalue weighted by Crippen LogP contribution is 2.19. The molecule has 148 valence electrons. The third-order valence-electron chi connectivity index (χ3n) is 4.52. The number of fused-ring (bicyclic) bond motifs is 3. The molecule has 4 rings (SSSR count). The van der Waals surface area contributed by atoms with E-state index in [-0.39, 0.29) is 18.2 Å². The number of carbonyl (C=O) groups is 1. The van der Waals surface area contributed by atoms with Crippen LogP contribution in [0.2, 0.25) is 0 Å². The first kappa shape index (κ1) is 18.6. The molecule has 0 saturated carbocycles. The number of rotatable bonds is 5. The van der Waals surface area contributed by atoms with Crippen molar-refractivity contribution in [2.24, 2.45) is 0 Å². The Balaban J connectivity index is 1.96. The van der Waals surface area contributed by atoms with Crippen molar-refractivity contribution in [2.45, 2.75) is 20.0 Å². The van der Waals surface area contributed by atoms with Crippen LogP contribution in [-0.2, 0) is 22.6 Å². The zero-order chi connectivity index (χ0) is 20.5. The molecule has 2 aromatic carbocycles. The Kier molecular flexibility index (Phi) is 4.71. The van der Waals surface area contributed by atoms with Crippen molar-refractivity contribution >= 4 is 22.8 Å². The molecule has 2 heterocycles. The van der Waals surface area contributed by atoms with Gasteiger partial charge in [-0.25, -0.2) is 13.5 Å². The third kappa shape index (κ3) is 3.31. The Morgan fingerprint density at radius 2 is 1.72 bits per heavy atom. The van der Waals surface area contributed by atoms with Crippen molar-refractivity contribution in [3.8, 4) is 0 Å². The molecule has 0 radical (unpaired) electrons. The molecule has 0 unspecified atom stereocenters. The Hall–Kier alpha value is -3.75. The standard InChI is InChI=1S/C20H17FN4O4/c1-2-29-17(26)12-24-18(27)19(28)25-16-6-4-3-5-15(16)23(20(25)22-24)11-13-7-9-14(21)10-8-13/h3-10H,2,11-12H2,1H3. The second-order valence-electron chi connectivity index (χ2n) is 6.41. The molecule has 0 atom stereocenters. The van der Waals surface area contributed by atoms with Gasteiger partial charge in [-0.2, -0.15) is 0 Å². The van der Waals surface area contributed by atoms with Crippen LogP contribution in [0.15, 0.2) is 58.1 Å². The second-order valence-corrected chi connectivity index (χ2v) is 6.41. The molecule has 0 saturated heterocycles. The highest BCUT2D eigenvalue weighted by Gasteiger charge is 2.18. The first-order valence-electron chi connectivity index (χ1n) is 9.00. The summed E-state index contributed by atoms with van der Waals surface area (Å²) in [7, 11) is 0. The van der Waals surface area contributed by atoms with Gasteiger partial charge in [0.1, 0.15) is 12.4 Å². The van der Waals surface area contributed by atoms with E-state index < -0.39 is 23.6 Å². The van der Waals surface area contributed by atoms with Gasteiger partial charge in [0, 0.05) is 0 Å². The zero-order valence-corrected chi connectivity index (χ0v) is 15.5. The van der Waals surface area contributed by atoms with Crippen molar-refractivity contribution in [3.05, 3.63) is 80.6 Å². The minimum atomic E-state index is -0.916. The maximum atomic E-state index is 13.3. The minimum Gasteiger partial charge on any atom is -0.465 e. The Morgan fingerprint density at radius 3 is 2.41 bits per heavy atom. The SMILES string of the molecule is CCOC(=O)Cn1nc2n(Cc3ccc(F)cc3)c3ccccc3n2c(=O)c1=O. The van der Waals surface area contributed by atoms with Crippen LogP contribution in [0.1, 0.15) is 12.5 Å². The van der Waals surface area contributed by atoms with Crippen LogP contribution < -0.4 is 11.1 Å². The number of benzene rings is 2. The fourth-order valence-electron chi connectivity index (χ4n) is 3.24. The summed E-state index contributed by atoms with van der Waals surface area (Å²) in [5.41, 5.74) is 0.248. The molecule has 0 N–H and O–H groups in total. The van der Waals surface area contributed by atoms with E-state index in [1.54, 1.807) is 47.9 Å². The average Bonchev–Trinajstić information content (AvgIpc) is 3.01. The van der Waals surface area contributed by atoms with Gasteiger partial charge in [0.15, 0.2) is 0 Å². The lowest BCUT2D eigenvalue weighted by atomic mass is 10.2. The molecule has 0 bridgehead atoms. The number of halogens is 1. The number of carbonyl (C=O) groups excluding carboxylic acids is 1. The summed E-state index contributed by atoms with van der Waals surface area (Å²) in [6.07, 6.45) is 0. The Labute approximate surface area is 163 Å². The molecular formula is C20H17FN4O4. The van der Waals surface area contributed by atoms with Gasteiger partial charge in [0.05, 0.1) is 24.2 Å². The number of nitrogens with zero attached hydrogens (tertiary/aromatic N) is 4. The molecular weight excluding hydrogens is 379 g/mol. The van der Waals surface area contributed by atoms with Crippen molar-refractivity contribution in [1.82, 2.24) is 18.7 Å². The second kappa shape index (κ2) is 7.34. The maximum absolute atomic E-state index is 13.3. The highest BCUT2D eigenvalue weighted by molar-refractivity contribution is 5.80. The van der Waals surface area contributed by atoms with Gasteiger partial charge in [0.2, 0.25) is 5.78 Å². The summed E-state index contributed by atoms with van der Waals surface area (Å²) in [5, 5.41) is 4.26. The van der Waals surface area contributed by atoms with E-state index in [0.717, 1.165) is 10.2 Å². The summed E-state index contributed by atoms with van der Waals surface area (Å²) in [5.74, 6) is -0.815. The Bertz CT molecular complexity index is 1340. The molecule has 0 aliphatic carbocycles. The topological polar surface area (TPSA) is 87.6 Å². The number of aromatic nitrogens is 4. The predicted molar refractivity (Wildman–Crippen MR) is 103 cm³/mol. The zero-order valence-electron chi connectivity index (χ0n) is 15.5. The quantitative estimate of drug-likeness (QED) is 0.377. The fraction of sp³-hybridized carbons (Fsp3) is 0.200. The summed E-state index contributed by atoms with van der Waals surface area (Å²) < 4.78 is 21.9. The number of ether oxygens (including phenoxy) is 1. The molecule has 0 amide bonds. The Morgan fingerprint density at radius 1 is 1.03 bits per heavy atom. The molecule has 0 fully saturated rings. The largest absolute Gasteiger partial charge is 0.465 e. The van der Waals surface area contributed by atoms with Gasteiger partial charge < -0.3 is 9.30 Å². The number of imidazole rings is 1. The normalized spacial score (nSPS) is 11.2. The molecule has 0 aliphatic rings. The van der Waals surface area contributed by atoms with Crippen LogP contribution in [0.3, 0.4) is 0 Å². The van der Waals surface area contributed by atoms with E-state index in [1.807, 2.05) is 0 Å². The first-order chi connectivity index (χ1) is 14.0. The maximum Gasteiger partial charge on any atom is 0.333 e. The lowest BCUT2D eigenvalue weighted by Crippen LogP contribution is -2.42. The van der Waals surface area contributed by atoms with Crippen LogP contribution in [0.4, 0.5) is 4.39 Å². The third-order valence-corrected chi connectivity index (χ3v) is 4.52. The summed E-state index contributed by atoms with van der Waals surface area (Å²) >= 11 is 0.